The van der Waals surface area contributed by atoms with Crippen molar-refractivity contribution in [2.45, 2.75) is 18.9 Å². The Morgan fingerprint density at radius 1 is 1.73 bits per heavy atom. The molecule has 1 atom stereocenters. The molecule has 1 unspecified atom stereocenters. The van der Waals surface area contributed by atoms with Crippen molar-refractivity contribution in [1.29, 1.82) is 0 Å². The molecule has 80 valence electrons. The van der Waals surface area contributed by atoms with Gasteiger partial charge in [-0.1, -0.05) is 6.58 Å². The van der Waals surface area contributed by atoms with Crippen LogP contribution in [0.25, 0.3) is 0 Å². The van der Waals surface area contributed by atoms with Crippen LogP contribution in [0, 0.1) is 0 Å². The molecule has 0 saturated carbocycles. The predicted molar refractivity (Wildman–Crippen MR) is 57.1 cm³/mol. The third kappa shape index (κ3) is 1.67. The summed E-state index contributed by atoms with van der Waals surface area (Å²) < 4.78 is 1.97. The van der Waals surface area contributed by atoms with E-state index in [4.69, 9.17) is 0 Å². The lowest BCUT2D eigenvalue weighted by Gasteiger charge is -2.22. The van der Waals surface area contributed by atoms with Crippen molar-refractivity contribution in [3.63, 3.8) is 0 Å². The summed E-state index contributed by atoms with van der Waals surface area (Å²) in [5.41, 5.74) is 0. The second-order valence-electron chi connectivity index (χ2n) is 3.79. The highest BCUT2D eigenvalue weighted by molar-refractivity contribution is 5.87. The molecule has 0 N–H and O–H groups in total. The summed E-state index contributed by atoms with van der Waals surface area (Å²) >= 11 is 0. The van der Waals surface area contributed by atoms with Crippen LogP contribution in [0.5, 0.6) is 0 Å². The third-order valence-electron chi connectivity index (χ3n) is 2.87. The van der Waals surface area contributed by atoms with Gasteiger partial charge in [-0.15, -0.1) is 0 Å². The van der Waals surface area contributed by atoms with Gasteiger partial charge >= 0.3 is 0 Å². The first kappa shape index (κ1) is 9.96. The number of aryl methyl sites for hydroxylation is 1. The molecule has 1 aliphatic rings. The first-order chi connectivity index (χ1) is 7.24. The van der Waals surface area contributed by atoms with Crippen molar-refractivity contribution in [3.8, 4) is 0 Å². The fourth-order valence-corrected chi connectivity index (χ4v) is 2.11. The van der Waals surface area contributed by atoms with Gasteiger partial charge in [-0.3, -0.25) is 4.79 Å². The van der Waals surface area contributed by atoms with E-state index in [1.165, 1.54) is 6.08 Å². The van der Waals surface area contributed by atoms with E-state index in [-0.39, 0.29) is 11.9 Å². The number of hydrogen-bond donors (Lipinski definition) is 0. The van der Waals surface area contributed by atoms with Crippen LogP contribution in [0.2, 0.25) is 0 Å². The van der Waals surface area contributed by atoms with E-state index in [1.54, 1.807) is 6.20 Å². The molecule has 0 spiro atoms. The number of amides is 1. The average molecular weight is 205 g/mol. The lowest BCUT2D eigenvalue weighted by atomic mass is 10.2. The Morgan fingerprint density at radius 2 is 2.53 bits per heavy atom. The Morgan fingerprint density at radius 3 is 3.13 bits per heavy atom. The summed E-state index contributed by atoms with van der Waals surface area (Å²) in [5.74, 6) is 0.961. The van der Waals surface area contributed by atoms with Gasteiger partial charge in [0.15, 0.2) is 0 Å². The van der Waals surface area contributed by atoms with Gasteiger partial charge in [0.2, 0.25) is 5.91 Å². The van der Waals surface area contributed by atoms with Crippen molar-refractivity contribution in [1.82, 2.24) is 14.5 Å². The molecule has 4 nitrogen and oxygen atoms in total. The van der Waals surface area contributed by atoms with Crippen LogP contribution in [0.4, 0.5) is 0 Å². The Hall–Kier alpha value is -1.58. The highest BCUT2D eigenvalue weighted by Crippen LogP contribution is 2.30. The molecule has 1 saturated heterocycles. The topological polar surface area (TPSA) is 38.1 Å². The van der Waals surface area contributed by atoms with Crippen LogP contribution in [0.15, 0.2) is 25.0 Å². The Kier molecular flexibility index (Phi) is 2.58. The Labute approximate surface area is 89.2 Å². The summed E-state index contributed by atoms with van der Waals surface area (Å²) in [5, 5.41) is 0. The number of rotatable bonds is 2. The van der Waals surface area contributed by atoms with E-state index in [0.717, 1.165) is 25.2 Å². The minimum atomic E-state index is 0.000463. The van der Waals surface area contributed by atoms with Crippen LogP contribution >= 0.6 is 0 Å². The van der Waals surface area contributed by atoms with E-state index >= 15 is 0 Å². The molecule has 2 rings (SSSR count). The molecule has 1 aromatic rings. The molecular weight excluding hydrogens is 190 g/mol. The van der Waals surface area contributed by atoms with Gasteiger partial charge in [0, 0.05) is 26.0 Å². The molecule has 0 aromatic carbocycles. The summed E-state index contributed by atoms with van der Waals surface area (Å²) in [6.07, 6.45) is 7.08. The zero-order chi connectivity index (χ0) is 10.8. The largest absolute Gasteiger partial charge is 0.336 e. The molecule has 4 heteroatoms. The SMILES string of the molecule is C=CC(=O)N1CCCC1c1nccn1C. The molecule has 1 aromatic heterocycles. The van der Waals surface area contributed by atoms with Crippen molar-refractivity contribution < 1.29 is 4.79 Å². The second kappa shape index (κ2) is 3.88. The maximum absolute atomic E-state index is 11.6. The monoisotopic (exact) mass is 205 g/mol. The Balaban J connectivity index is 2.25. The number of nitrogens with zero attached hydrogens (tertiary/aromatic N) is 3. The number of carbonyl (C=O) groups is 1. The smallest absolute Gasteiger partial charge is 0.246 e. The van der Waals surface area contributed by atoms with E-state index in [2.05, 4.69) is 11.6 Å². The standard InChI is InChI=1S/C11H15N3O/c1-3-10(15)14-7-4-5-9(14)11-12-6-8-13(11)2/h3,6,8-9H,1,4-5,7H2,2H3. The highest BCUT2D eigenvalue weighted by Gasteiger charge is 2.30. The molecule has 0 aliphatic carbocycles. The fraction of sp³-hybridized carbons (Fsp3) is 0.455. The molecule has 2 heterocycles. The van der Waals surface area contributed by atoms with Crippen molar-refractivity contribution in [3.05, 3.63) is 30.9 Å². The van der Waals surface area contributed by atoms with Gasteiger partial charge in [0.05, 0.1) is 6.04 Å². The van der Waals surface area contributed by atoms with Gasteiger partial charge in [-0.25, -0.2) is 4.98 Å². The van der Waals surface area contributed by atoms with Gasteiger partial charge in [-0.2, -0.15) is 0 Å². The van der Waals surface area contributed by atoms with Crippen LogP contribution in [-0.2, 0) is 11.8 Å². The van der Waals surface area contributed by atoms with Gasteiger partial charge in [0.25, 0.3) is 0 Å². The lowest BCUT2D eigenvalue weighted by Crippen LogP contribution is -2.30. The van der Waals surface area contributed by atoms with Crippen molar-refractivity contribution >= 4 is 5.91 Å². The van der Waals surface area contributed by atoms with Crippen molar-refractivity contribution in [2.75, 3.05) is 6.54 Å². The minimum Gasteiger partial charge on any atom is -0.336 e. The molecule has 1 amide bonds. The Bertz CT molecular complexity index is 383. The van der Waals surface area contributed by atoms with Gasteiger partial charge in [-0.05, 0) is 18.9 Å². The number of hydrogen-bond acceptors (Lipinski definition) is 2. The number of carbonyl (C=O) groups excluding carboxylic acids is 1. The summed E-state index contributed by atoms with van der Waals surface area (Å²) in [6, 6.07) is 0.121. The number of imidazole rings is 1. The predicted octanol–water partition coefficient (Wildman–Crippen LogP) is 1.27. The molecule has 1 fully saturated rings. The molecular formula is C11H15N3O. The summed E-state index contributed by atoms with van der Waals surface area (Å²) in [7, 11) is 1.96. The summed E-state index contributed by atoms with van der Waals surface area (Å²) in [6.45, 7) is 4.33. The van der Waals surface area contributed by atoms with Crippen LogP contribution in [0.3, 0.4) is 0 Å². The highest BCUT2D eigenvalue weighted by atomic mass is 16.2. The first-order valence-electron chi connectivity index (χ1n) is 5.14. The second-order valence-corrected chi connectivity index (χ2v) is 3.79. The van der Waals surface area contributed by atoms with E-state index in [9.17, 15) is 4.79 Å². The minimum absolute atomic E-state index is 0.000463. The zero-order valence-electron chi connectivity index (χ0n) is 8.89. The quantitative estimate of drug-likeness (QED) is 0.682. The van der Waals surface area contributed by atoms with E-state index in [0.29, 0.717) is 0 Å². The van der Waals surface area contributed by atoms with Gasteiger partial charge in [0.1, 0.15) is 5.82 Å². The maximum Gasteiger partial charge on any atom is 0.246 e. The van der Waals surface area contributed by atoms with E-state index < -0.39 is 0 Å². The molecule has 0 radical (unpaired) electrons. The number of likely N-dealkylation sites (tertiary alicyclic amines) is 1. The normalized spacial score (nSPS) is 20.6. The first-order valence-corrected chi connectivity index (χ1v) is 5.14. The lowest BCUT2D eigenvalue weighted by molar-refractivity contribution is -0.127. The number of aromatic nitrogens is 2. The third-order valence-corrected chi connectivity index (χ3v) is 2.87. The molecule has 0 bridgehead atoms. The van der Waals surface area contributed by atoms with Crippen molar-refractivity contribution in [2.24, 2.45) is 7.05 Å². The summed E-state index contributed by atoms with van der Waals surface area (Å²) in [4.78, 5) is 17.7. The van der Waals surface area contributed by atoms with Crippen LogP contribution < -0.4 is 0 Å². The van der Waals surface area contributed by atoms with Crippen LogP contribution in [0.1, 0.15) is 24.7 Å². The van der Waals surface area contributed by atoms with Gasteiger partial charge < -0.3 is 9.47 Å². The van der Waals surface area contributed by atoms with E-state index in [1.807, 2.05) is 22.7 Å². The maximum atomic E-state index is 11.6. The zero-order valence-corrected chi connectivity index (χ0v) is 8.89. The average Bonchev–Trinajstić information content (AvgIpc) is 2.84. The van der Waals surface area contributed by atoms with Crippen LogP contribution in [-0.4, -0.2) is 26.9 Å². The molecule has 1 aliphatic heterocycles. The molecule has 15 heavy (non-hydrogen) atoms. The fourth-order valence-electron chi connectivity index (χ4n) is 2.11.